The molecule has 9 nitrogen and oxygen atoms in total. The molecule has 0 spiro atoms. The molecule has 0 unspecified atom stereocenters. The van der Waals surface area contributed by atoms with Gasteiger partial charge in [-0.25, -0.2) is 9.37 Å². The van der Waals surface area contributed by atoms with Crippen molar-refractivity contribution in [1.82, 2.24) is 14.8 Å². The molecule has 2 amide bonds. The van der Waals surface area contributed by atoms with Crippen LogP contribution < -0.4 is 20.1 Å². The van der Waals surface area contributed by atoms with Gasteiger partial charge in [0.2, 0.25) is 0 Å². The van der Waals surface area contributed by atoms with Gasteiger partial charge in [-0.1, -0.05) is 13.0 Å². The van der Waals surface area contributed by atoms with Crippen LogP contribution in [-0.2, 0) is 6.54 Å². The standard InChI is InChI=1S/C31H32FN5O4S/c1-2-36-10-3-11-37(13-12-36)19-23-6-4-21-17-28(42-31(21)34-23)30(39)35-25-18-22(7-8-24(25)32)33-29(38)20-5-9-26-27(16-20)41-15-14-40-26/h4-9,16-18H,2-3,10-15,19H2,1H3,(H,33,38)(H,35,39). The number of anilines is 2. The number of nitrogens with one attached hydrogen (secondary N) is 2. The van der Waals surface area contributed by atoms with Crippen LogP contribution >= 0.6 is 11.3 Å². The molecule has 4 heterocycles. The number of benzene rings is 2. The molecule has 0 aliphatic carbocycles. The SMILES string of the molecule is CCN1CCCN(Cc2ccc3cc(C(=O)Nc4cc(NC(=O)c5ccc6c(c5)OCCO6)ccc4F)sc3n2)CC1. The van der Waals surface area contributed by atoms with Gasteiger partial charge in [-0.05, 0) is 74.6 Å². The maximum Gasteiger partial charge on any atom is 0.265 e. The molecular formula is C31H32FN5O4S. The largest absolute Gasteiger partial charge is 0.486 e. The highest BCUT2D eigenvalue weighted by molar-refractivity contribution is 7.20. The van der Waals surface area contributed by atoms with E-state index in [-0.39, 0.29) is 5.69 Å². The number of nitrogens with zero attached hydrogens (tertiary/aromatic N) is 3. The van der Waals surface area contributed by atoms with Crippen LogP contribution in [0.1, 0.15) is 39.1 Å². The Bertz CT molecular complexity index is 1630. The summed E-state index contributed by atoms with van der Waals surface area (Å²) >= 11 is 1.27. The fraction of sp³-hybridized carbons (Fsp3) is 0.323. The van der Waals surface area contributed by atoms with E-state index < -0.39 is 17.6 Å². The van der Waals surface area contributed by atoms with Crippen molar-refractivity contribution in [3.8, 4) is 11.5 Å². The van der Waals surface area contributed by atoms with Gasteiger partial charge in [0.25, 0.3) is 11.8 Å². The van der Waals surface area contributed by atoms with Crippen molar-refractivity contribution < 1.29 is 23.5 Å². The van der Waals surface area contributed by atoms with Gasteiger partial charge in [0.15, 0.2) is 11.5 Å². The minimum absolute atomic E-state index is 0.0339. The maximum atomic E-state index is 14.7. The molecule has 6 rings (SSSR count). The zero-order valence-electron chi connectivity index (χ0n) is 23.3. The number of halogens is 1. The molecule has 1 saturated heterocycles. The number of carbonyl (C=O) groups is 2. The van der Waals surface area contributed by atoms with Gasteiger partial charge >= 0.3 is 0 Å². The lowest BCUT2D eigenvalue weighted by Crippen LogP contribution is -2.30. The Balaban J connectivity index is 1.12. The molecule has 2 aliphatic heterocycles. The van der Waals surface area contributed by atoms with Crippen LogP contribution in [0.4, 0.5) is 15.8 Å². The van der Waals surface area contributed by atoms with E-state index in [1.165, 1.54) is 29.5 Å². The van der Waals surface area contributed by atoms with Gasteiger partial charge in [0, 0.05) is 36.3 Å². The first kappa shape index (κ1) is 28.1. The Morgan fingerprint density at radius 2 is 1.71 bits per heavy atom. The van der Waals surface area contributed by atoms with Gasteiger partial charge in [0.05, 0.1) is 16.3 Å². The molecule has 2 N–H and O–H groups in total. The number of likely N-dealkylation sites (N-methyl/N-ethyl adjacent to an activating group) is 1. The molecular weight excluding hydrogens is 557 g/mol. The second-order valence-corrected chi connectivity index (χ2v) is 11.4. The lowest BCUT2D eigenvalue weighted by atomic mass is 10.1. The summed E-state index contributed by atoms with van der Waals surface area (Å²) in [6, 6.07) is 14.7. The number of rotatable bonds is 7. The number of ether oxygens (including phenoxy) is 2. The summed E-state index contributed by atoms with van der Waals surface area (Å²) in [5.41, 5.74) is 1.64. The number of fused-ring (bicyclic) bond motifs is 2. The number of carbonyl (C=O) groups excluding carboxylic acids is 2. The molecule has 0 saturated carbocycles. The molecule has 2 aromatic carbocycles. The van der Waals surface area contributed by atoms with Crippen molar-refractivity contribution >= 4 is 44.7 Å². The summed E-state index contributed by atoms with van der Waals surface area (Å²) in [4.78, 5) is 36.8. The minimum atomic E-state index is -0.610. The fourth-order valence-electron chi connectivity index (χ4n) is 5.15. The van der Waals surface area contributed by atoms with E-state index in [0.717, 1.165) is 61.6 Å². The molecule has 11 heteroatoms. The summed E-state index contributed by atoms with van der Waals surface area (Å²) in [6.07, 6.45) is 1.14. The predicted molar refractivity (Wildman–Crippen MR) is 161 cm³/mol. The zero-order valence-corrected chi connectivity index (χ0v) is 24.1. The molecule has 2 aromatic heterocycles. The van der Waals surface area contributed by atoms with E-state index in [1.807, 2.05) is 12.1 Å². The van der Waals surface area contributed by atoms with E-state index in [1.54, 1.807) is 24.3 Å². The van der Waals surface area contributed by atoms with Crippen LogP contribution in [0.2, 0.25) is 0 Å². The van der Waals surface area contributed by atoms with Crippen molar-refractivity contribution in [2.24, 2.45) is 0 Å². The molecule has 0 bridgehead atoms. The van der Waals surface area contributed by atoms with Crippen molar-refractivity contribution in [1.29, 1.82) is 0 Å². The Morgan fingerprint density at radius 1 is 0.905 bits per heavy atom. The quantitative estimate of drug-likeness (QED) is 0.305. The van der Waals surface area contributed by atoms with Gasteiger partial charge in [-0.3, -0.25) is 14.5 Å². The number of thiophene rings is 1. The molecule has 42 heavy (non-hydrogen) atoms. The van der Waals surface area contributed by atoms with Crippen LogP contribution in [0.5, 0.6) is 11.5 Å². The van der Waals surface area contributed by atoms with Crippen molar-refractivity contribution in [2.45, 2.75) is 19.9 Å². The number of pyridine rings is 1. The number of amides is 2. The van der Waals surface area contributed by atoms with Gasteiger partial charge < -0.3 is 25.0 Å². The lowest BCUT2D eigenvalue weighted by molar-refractivity contribution is 0.102. The van der Waals surface area contributed by atoms with E-state index in [9.17, 15) is 14.0 Å². The van der Waals surface area contributed by atoms with Crippen molar-refractivity contribution in [3.63, 3.8) is 0 Å². The highest BCUT2D eigenvalue weighted by Crippen LogP contribution is 2.31. The number of hydrogen-bond donors (Lipinski definition) is 2. The van der Waals surface area contributed by atoms with E-state index in [4.69, 9.17) is 14.5 Å². The third-order valence-corrected chi connectivity index (χ3v) is 8.50. The van der Waals surface area contributed by atoms with Crippen LogP contribution in [0.15, 0.2) is 54.6 Å². The molecule has 4 aromatic rings. The summed E-state index contributed by atoms with van der Waals surface area (Å²) in [6.45, 7) is 9.13. The Labute approximate surface area is 247 Å². The third-order valence-electron chi connectivity index (χ3n) is 7.46. The normalized spacial score (nSPS) is 15.8. The summed E-state index contributed by atoms with van der Waals surface area (Å²) < 4.78 is 25.7. The van der Waals surface area contributed by atoms with Crippen LogP contribution in [0.25, 0.3) is 10.2 Å². The smallest absolute Gasteiger partial charge is 0.265 e. The lowest BCUT2D eigenvalue weighted by Gasteiger charge is -2.20. The van der Waals surface area contributed by atoms with Gasteiger partial charge in [0.1, 0.15) is 23.9 Å². The number of aromatic nitrogens is 1. The molecule has 0 atom stereocenters. The molecule has 218 valence electrons. The second-order valence-electron chi connectivity index (χ2n) is 10.3. The van der Waals surface area contributed by atoms with Gasteiger partial charge in [-0.15, -0.1) is 11.3 Å². The van der Waals surface area contributed by atoms with E-state index >= 15 is 0 Å². The predicted octanol–water partition coefficient (Wildman–Crippen LogP) is 5.24. The van der Waals surface area contributed by atoms with Crippen LogP contribution in [0, 0.1) is 5.82 Å². The van der Waals surface area contributed by atoms with Crippen LogP contribution in [0.3, 0.4) is 0 Å². The molecule has 2 aliphatic rings. The zero-order chi connectivity index (χ0) is 29.1. The average molecular weight is 590 g/mol. The second kappa shape index (κ2) is 12.4. The monoisotopic (exact) mass is 589 g/mol. The first-order chi connectivity index (χ1) is 20.4. The average Bonchev–Trinajstić information content (AvgIpc) is 3.30. The maximum absolute atomic E-state index is 14.7. The third kappa shape index (κ3) is 6.38. The highest BCUT2D eigenvalue weighted by Gasteiger charge is 2.18. The molecule has 1 fully saturated rings. The topological polar surface area (TPSA) is 96.0 Å². The first-order valence-corrected chi connectivity index (χ1v) is 14.9. The minimum Gasteiger partial charge on any atom is -0.486 e. The van der Waals surface area contributed by atoms with Gasteiger partial charge in [-0.2, -0.15) is 0 Å². The summed E-state index contributed by atoms with van der Waals surface area (Å²) in [5, 5.41) is 6.26. The summed E-state index contributed by atoms with van der Waals surface area (Å²) in [7, 11) is 0. The fourth-order valence-corrected chi connectivity index (χ4v) is 6.10. The Hall–Kier alpha value is -4.06. The van der Waals surface area contributed by atoms with Crippen LogP contribution in [-0.4, -0.2) is 72.5 Å². The van der Waals surface area contributed by atoms with Crippen molar-refractivity contribution in [2.75, 3.05) is 56.6 Å². The Morgan fingerprint density at radius 3 is 2.57 bits per heavy atom. The van der Waals surface area contributed by atoms with Crippen molar-refractivity contribution in [3.05, 3.63) is 76.5 Å². The molecule has 0 radical (unpaired) electrons. The number of hydrogen-bond acceptors (Lipinski definition) is 8. The van der Waals surface area contributed by atoms with E-state index in [0.29, 0.717) is 40.8 Å². The Kier molecular flexibility index (Phi) is 8.31. The first-order valence-electron chi connectivity index (χ1n) is 14.1. The van der Waals surface area contributed by atoms with E-state index in [2.05, 4.69) is 27.4 Å². The highest BCUT2D eigenvalue weighted by atomic mass is 32.1. The summed E-state index contributed by atoms with van der Waals surface area (Å²) in [5.74, 6) is -0.374.